The van der Waals surface area contributed by atoms with Crippen molar-refractivity contribution in [3.05, 3.63) is 0 Å². The molecule has 1 fully saturated rings. The molecule has 1 saturated heterocycles. The van der Waals surface area contributed by atoms with Crippen LogP contribution in [0.15, 0.2) is 0 Å². The molecular weight excluding hydrogens is 108 g/mol. The maximum atomic E-state index is 5.09. The first-order valence-electron chi connectivity index (χ1n) is 1.99. The van der Waals surface area contributed by atoms with Gasteiger partial charge in [-0.3, -0.25) is 0 Å². The highest BCUT2D eigenvalue weighted by molar-refractivity contribution is 6.56. The van der Waals surface area contributed by atoms with E-state index in [0.717, 1.165) is 31.5 Å². The normalized spacial score (nSPS) is 24.0. The Morgan fingerprint density at radius 2 is 1.83 bits per heavy atom. The highest BCUT2D eigenvalue weighted by Gasteiger charge is 1.97. The molecule has 0 bridgehead atoms. The zero-order valence-electron chi connectivity index (χ0n) is 3.53. The Morgan fingerprint density at radius 3 is 2.00 bits per heavy atom. The van der Waals surface area contributed by atoms with E-state index in [2.05, 4.69) is 0 Å². The number of ether oxygens (including phenoxy) is 1. The molecule has 1 nitrogen and oxygen atoms in total. The van der Waals surface area contributed by atoms with Crippen molar-refractivity contribution in [1.82, 2.24) is 0 Å². The first-order chi connectivity index (χ1) is 3.00. The second-order valence-corrected chi connectivity index (χ2v) is 4.16. The third-order valence-corrected chi connectivity index (χ3v) is 3.47. The number of hydrogen-bond acceptors (Lipinski definition) is 1. The Hall–Kier alpha value is 0.394. The summed E-state index contributed by atoms with van der Waals surface area (Å²) in [7, 11) is 2.18. The number of hydrogen-bond donors (Lipinski definition) is 0. The fourth-order valence-corrected chi connectivity index (χ4v) is 2.61. The summed E-state index contributed by atoms with van der Waals surface area (Å²) in [4.78, 5) is 0. The quantitative estimate of drug-likeness (QED) is 0.393. The maximum Gasteiger partial charge on any atom is 0.0699 e. The van der Waals surface area contributed by atoms with Crippen molar-refractivity contribution in [2.45, 2.75) is 5.67 Å². The van der Waals surface area contributed by atoms with E-state index in [9.17, 15) is 0 Å². The van der Waals surface area contributed by atoms with Crippen LogP contribution in [0.4, 0.5) is 0 Å². The summed E-state index contributed by atoms with van der Waals surface area (Å²) >= 11 is 0. The highest BCUT2D eigenvalue weighted by Crippen LogP contribution is 1.85. The summed E-state index contributed by atoms with van der Waals surface area (Å²) in [6.07, 6.45) is 2.07. The molecule has 0 saturated carbocycles. The zero-order chi connectivity index (χ0) is 4.24. The first-order valence-corrected chi connectivity index (χ1v) is 4.82. The fraction of sp³-hybridized carbons (Fsp3) is 1.00. The van der Waals surface area contributed by atoms with Crippen LogP contribution in [0.5, 0.6) is 0 Å². The Balaban J connectivity index is 2.00. The molecule has 0 aromatic rings. The summed E-state index contributed by atoms with van der Waals surface area (Å²) in [5.41, 5.74) is 1.43. The minimum absolute atomic E-state index is 1.03. The second kappa shape index (κ2) is 2.55. The van der Waals surface area contributed by atoms with Gasteiger partial charge in [0.2, 0.25) is 0 Å². The van der Waals surface area contributed by atoms with Crippen molar-refractivity contribution in [2.75, 3.05) is 12.5 Å². The van der Waals surface area contributed by atoms with Crippen LogP contribution < -0.4 is 0 Å². The Labute approximate surface area is 42.7 Å². The first kappa shape index (κ1) is 4.55. The van der Waals surface area contributed by atoms with Crippen molar-refractivity contribution in [1.29, 1.82) is 0 Å². The van der Waals surface area contributed by atoms with E-state index in [-0.39, 0.29) is 0 Å². The maximum absolute atomic E-state index is 5.09. The predicted octanol–water partition coefficient (Wildman–Crippen LogP) is -0.284. The van der Waals surface area contributed by atoms with Crippen LogP contribution in [-0.2, 0) is 4.74 Å². The topological polar surface area (TPSA) is 9.23 Å². The summed E-state index contributed by atoms with van der Waals surface area (Å²) in [5.74, 6) is 0. The standard InChI is InChI=1S/C3H6OSi2/c1-4-2-6-3-5-1/h1-3H2. The monoisotopic (exact) mass is 114 g/mol. The van der Waals surface area contributed by atoms with Gasteiger partial charge in [-0.2, -0.15) is 0 Å². The largest absolute Gasteiger partial charge is 0.389 e. The molecule has 0 amide bonds. The summed E-state index contributed by atoms with van der Waals surface area (Å²) < 4.78 is 5.09. The van der Waals surface area contributed by atoms with Gasteiger partial charge in [-0.25, -0.2) is 0 Å². The van der Waals surface area contributed by atoms with Gasteiger partial charge in [-0.1, -0.05) is 5.67 Å². The molecule has 0 N–H and O–H groups in total. The van der Waals surface area contributed by atoms with Crippen molar-refractivity contribution < 1.29 is 4.74 Å². The zero-order valence-corrected chi connectivity index (χ0v) is 5.53. The Bertz CT molecular complexity index is 24.3. The van der Waals surface area contributed by atoms with Gasteiger partial charge in [0.05, 0.1) is 19.0 Å². The van der Waals surface area contributed by atoms with Gasteiger partial charge < -0.3 is 4.74 Å². The lowest BCUT2D eigenvalue weighted by molar-refractivity contribution is 0.223. The molecule has 0 atom stereocenters. The lowest BCUT2D eigenvalue weighted by Crippen LogP contribution is -2.18. The summed E-state index contributed by atoms with van der Waals surface area (Å²) in [6, 6.07) is 0. The minimum Gasteiger partial charge on any atom is -0.389 e. The minimum atomic E-state index is 1.03. The Kier molecular flexibility index (Phi) is 1.93. The molecule has 0 unspecified atom stereocenters. The molecule has 3 heteroatoms. The van der Waals surface area contributed by atoms with Crippen LogP contribution in [0.3, 0.4) is 0 Å². The molecule has 4 radical (unpaired) electrons. The number of rotatable bonds is 0. The van der Waals surface area contributed by atoms with Crippen LogP contribution in [0.1, 0.15) is 0 Å². The molecule has 32 valence electrons. The van der Waals surface area contributed by atoms with E-state index in [1.165, 1.54) is 5.67 Å². The molecule has 1 aliphatic heterocycles. The van der Waals surface area contributed by atoms with E-state index >= 15 is 0 Å². The van der Waals surface area contributed by atoms with Crippen molar-refractivity contribution >= 4 is 19.0 Å². The van der Waals surface area contributed by atoms with E-state index in [1.807, 2.05) is 0 Å². The smallest absolute Gasteiger partial charge is 0.0699 e. The van der Waals surface area contributed by atoms with Gasteiger partial charge in [0.15, 0.2) is 0 Å². The molecule has 1 rings (SSSR count). The molecular formula is C3H6OSi2. The molecule has 0 aliphatic carbocycles. The van der Waals surface area contributed by atoms with Gasteiger partial charge in [0, 0.05) is 12.5 Å². The molecule has 1 aliphatic rings. The van der Waals surface area contributed by atoms with Gasteiger partial charge >= 0.3 is 0 Å². The fourth-order valence-electron chi connectivity index (χ4n) is 0.386. The third-order valence-electron chi connectivity index (χ3n) is 0.658. The van der Waals surface area contributed by atoms with Crippen LogP contribution >= 0.6 is 0 Å². The highest BCUT2D eigenvalue weighted by atomic mass is 28.3. The molecule has 0 aromatic heterocycles. The van der Waals surface area contributed by atoms with Gasteiger partial charge in [-0.05, 0) is 0 Å². The molecule has 0 spiro atoms. The average Bonchev–Trinajstić information content (AvgIpc) is 1.72. The Morgan fingerprint density at radius 1 is 1.17 bits per heavy atom. The summed E-state index contributed by atoms with van der Waals surface area (Å²) in [6.45, 7) is 0. The van der Waals surface area contributed by atoms with Crippen LogP contribution in [0, 0.1) is 0 Å². The molecule has 0 aromatic carbocycles. The summed E-state index contributed by atoms with van der Waals surface area (Å²) in [5, 5.41) is 0. The second-order valence-electron chi connectivity index (χ2n) is 1.17. The predicted molar refractivity (Wildman–Crippen MR) is 27.1 cm³/mol. The SMILES string of the molecule is C1OC[Si]C[Si]1. The lowest BCUT2D eigenvalue weighted by Gasteiger charge is -2.06. The molecule has 1 heterocycles. The van der Waals surface area contributed by atoms with Crippen molar-refractivity contribution in [2.24, 2.45) is 0 Å². The average molecular weight is 114 g/mol. The van der Waals surface area contributed by atoms with E-state index in [4.69, 9.17) is 4.74 Å². The van der Waals surface area contributed by atoms with Crippen molar-refractivity contribution in [3.63, 3.8) is 0 Å². The van der Waals surface area contributed by atoms with E-state index in [0.29, 0.717) is 0 Å². The van der Waals surface area contributed by atoms with E-state index in [1.54, 1.807) is 0 Å². The van der Waals surface area contributed by atoms with E-state index < -0.39 is 0 Å². The van der Waals surface area contributed by atoms with Crippen LogP contribution in [0.25, 0.3) is 0 Å². The van der Waals surface area contributed by atoms with Gasteiger partial charge in [-0.15, -0.1) is 0 Å². The van der Waals surface area contributed by atoms with Crippen LogP contribution in [0.2, 0.25) is 5.67 Å². The molecule has 6 heavy (non-hydrogen) atoms. The van der Waals surface area contributed by atoms with Gasteiger partial charge in [0.25, 0.3) is 0 Å². The van der Waals surface area contributed by atoms with Crippen LogP contribution in [-0.4, -0.2) is 31.5 Å². The lowest BCUT2D eigenvalue weighted by atomic mass is 11.5. The van der Waals surface area contributed by atoms with Gasteiger partial charge in [0.1, 0.15) is 0 Å². The van der Waals surface area contributed by atoms with Crippen molar-refractivity contribution in [3.8, 4) is 0 Å². The third kappa shape index (κ3) is 1.24.